The van der Waals surface area contributed by atoms with Crippen molar-refractivity contribution in [3.8, 4) is 5.75 Å². The highest BCUT2D eigenvalue weighted by molar-refractivity contribution is 5.40. The Morgan fingerprint density at radius 3 is 2.00 bits per heavy atom. The lowest BCUT2D eigenvalue weighted by atomic mass is 9.81. The predicted molar refractivity (Wildman–Crippen MR) is 92.5 cm³/mol. The van der Waals surface area contributed by atoms with Crippen molar-refractivity contribution in [1.82, 2.24) is 0 Å². The van der Waals surface area contributed by atoms with E-state index in [9.17, 15) is 9.50 Å². The molecule has 0 fully saturated rings. The topological polar surface area (TPSA) is 29.5 Å². The largest absolute Gasteiger partial charge is 0.497 e. The summed E-state index contributed by atoms with van der Waals surface area (Å²) in [5.41, 5.74) is 1.21. The molecular formula is C21H19FO2. The maximum atomic E-state index is 13.2. The molecule has 1 N–H and O–H groups in total. The summed E-state index contributed by atoms with van der Waals surface area (Å²) in [5.74, 6) is 0.447. The van der Waals surface area contributed by atoms with Crippen LogP contribution >= 0.6 is 0 Å². The Balaban J connectivity index is 2.04. The van der Waals surface area contributed by atoms with Gasteiger partial charge in [0, 0.05) is 6.42 Å². The maximum Gasteiger partial charge on any atom is 0.123 e. The van der Waals surface area contributed by atoms with Crippen LogP contribution in [0.2, 0.25) is 0 Å². The average molecular weight is 322 g/mol. The Morgan fingerprint density at radius 1 is 0.833 bits per heavy atom. The fraction of sp³-hybridized carbons (Fsp3) is 0.143. The summed E-state index contributed by atoms with van der Waals surface area (Å²) in [7, 11) is 1.61. The molecule has 0 bridgehead atoms. The fourth-order valence-corrected chi connectivity index (χ4v) is 2.85. The second kappa shape index (κ2) is 6.85. The Morgan fingerprint density at radius 2 is 1.42 bits per heavy atom. The van der Waals surface area contributed by atoms with Gasteiger partial charge in [-0.3, -0.25) is 0 Å². The normalized spacial score (nSPS) is 13.3. The highest BCUT2D eigenvalue weighted by Gasteiger charge is 2.31. The van der Waals surface area contributed by atoms with Crippen molar-refractivity contribution < 1.29 is 14.2 Å². The zero-order valence-electron chi connectivity index (χ0n) is 13.4. The molecular weight excluding hydrogens is 303 g/mol. The lowest BCUT2D eigenvalue weighted by Crippen LogP contribution is -2.30. The zero-order chi connectivity index (χ0) is 17.0. The van der Waals surface area contributed by atoms with Gasteiger partial charge in [0.25, 0.3) is 0 Å². The van der Waals surface area contributed by atoms with Crippen molar-refractivity contribution in [2.24, 2.45) is 0 Å². The van der Waals surface area contributed by atoms with Gasteiger partial charge in [0.1, 0.15) is 17.2 Å². The first kappa shape index (κ1) is 16.2. The van der Waals surface area contributed by atoms with Crippen molar-refractivity contribution in [3.63, 3.8) is 0 Å². The van der Waals surface area contributed by atoms with Gasteiger partial charge < -0.3 is 9.84 Å². The fourth-order valence-electron chi connectivity index (χ4n) is 2.85. The number of halogens is 1. The van der Waals surface area contributed by atoms with Crippen LogP contribution in [0.5, 0.6) is 5.75 Å². The van der Waals surface area contributed by atoms with Crippen LogP contribution < -0.4 is 4.74 Å². The monoisotopic (exact) mass is 322 g/mol. The molecule has 3 aromatic carbocycles. The SMILES string of the molecule is COc1ccc(C(O)(Cc2ccc(F)cc2)c2ccccc2)cc1. The Hall–Kier alpha value is -2.65. The molecule has 0 aromatic heterocycles. The molecule has 24 heavy (non-hydrogen) atoms. The lowest BCUT2D eigenvalue weighted by Gasteiger charge is -2.30. The molecule has 2 nitrogen and oxygen atoms in total. The van der Waals surface area contributed by atoms with E-state index in [1.165, 1.54) is 12.1 Å². The van der Waals surface area contributed by atoms with Crippen LogP contribution in [0.1, 0.15) is 16.7 Å². The Labute approximate surface area is 141 Å². The molecule has 0 saturated heterocycles. The highest BCUT2D eigenvalue weighted by Crippen LogP contribution is 2.34. The number of hydrogen-bond acceptors (Lipinski definition) is 2. The van der Waals surface area contributed by atoms with E-state index in [1.54, 1.807) is 19.2 Å². The summed E-state index contributed by atoms with van der Waals surface area (Å²) in [4.78, 5) is 0. The van der Waals surface area contributed by atoms with Crippen LogP contribution in [0, 0.1) is 5.82 Å². The first-order valence-electron chi connectivity index (χ1n) is 7.79. The minimum Gasteiger partial charge on any atom is -0.497 e. The van der Waals surface area contributed by atoms with E-state index in [2.05, 4.69) is 0 Å². The van der Waals surface area contributed by atoms with E-state index in [0.29, 0.717) is 6.42 Å². The van der Waals surface area contributed by atoms with E-state index in [-0.39, 0.29) is 5.82 Å². The molecule has 3 heteroatoms. The predicted octanol–water partition coefficient (Wildman–Crippen LogP) is 4.31. The quantitative estimate of drug-likeness (QED) is 0.758. The van der Waals surface area contributed by atoms with Crippen LogP contribution in [0.25, 0.3) is 0 Å². The molecule has 0 heterocycles. The molecule has 0 aliphatic heterocycles. The number of methoxy groups -OCH3 is 1. The van der Waals surface area contributed by atoms with Gasteiger partial charge in [0.15, 0.2) is 0 Å². The van der Waals surface area contributed by atoms with E-state index >= 15 is 0 Å². The van der Waals surface area contributed by atoms with Crippen LogP contribution in [0.3, 0.4) is 0 Å². The van der Waals surface area contributed by atoms with Crippen molar-refractivity contribution >= 4 is 0 Å². The molecule has 0 amide bonds. The summed E-state index contributed by atoms with van der Waals surface area (Å²) in [6, 6.07) is 23.1. The zero-order valence-corrected chi connectivity index (χ0v) is 13.4. The number of rotatable bonds is 5. The minimum absolute atomic E-state index is 0.286. The molecule has 0 spiro atoms. The third-order valence-electron chi connectivity index (χ3n) is 4.19. The standard InChI is InChI=1S/C21H19FO2/c1-24-20-13-9-18(10-14-20)21(23,17-5-3-2-4-6-17)15-16-7-11-19(22)12-8-16/h2-14,23H,15H2,1H3. The molecule has 3 rings (SSSR count). The summed E-state index contributed by atoms with van der Waals surface area (Å²) < 4.78 is 18.4. The lowest BCUT2D eigenvalue weighted by molar-refractivity contribution is 0.0810. The smallest absolute Gasteiger partial charge is 0.123 e. The number of hydrogen-bond donors (Lipinski definition) is 1. The van der Waals surface area contributed by atoms with Gasteiger partial charge in [-0.15, -0.1) is 0 Å². The number of benzene rings is 3. The van der Waals surface area contributed by atoms with Gasteiger partial charge in [-0.05, 0) is 41.0 Å². The molecule has 0 aliphatic carbocycles. The second-order valence-electron chi connectivity index (χ2n) is 5.76. The van der Waals surface area contributed by atoms with Gasteiger partial charge in [0.2, 0.25) is 0 Å². The van der Waals surface area contributed by atoms with Gasteiger partial charge >= 0.3 is 0 Å². The Kier molecular flexibility index (Phi) is 4.63. The first-order chi connectivity index (χ1) is 11.6. The van der Waals surface area contributed by atoms with Gasteiger partial charge in [-0.1, -0.05) is 54.6 Å². The van der Waals surface area contributed by atoms with Gasteiger partial charge in [-0.2, -0.15) is 0 Å². The second-order valence-corrected chi connectivity index (χ2v) is 5.76. The molecule has 0 aliphatic rings. The summed E-state index contributed by atoms with van der Waals surface area (Å²) in [6.45, 7) is 0. The summed E-state index contributed by atoms with van der Waals surface area (Å²) in [5, 5.41) is 11.5. The first-order valence-corrected chi connectivity index (χ1v) is 7.79. The molecule has 1 unspecified atom stereocenters. The average Bonchev–Trinajstić information content (AvgIpc) is 2.64. The Bertz CT molecular complexity index is 782. The van der Waals surface area contributed by atoms with E-state index in [1.807, 2.05) is 54.6 Å². The van der Waals surface area contributed by atoms with E-state index in [0.717, 1.165) is 22.4 Å². The van der Waals surface area contributed by atoms with Crippen molar-refractivity contribution in [2.75, 3.05) is 7.11 Å². The number of ether oxygens (including phenoxy) is 1. The van der Waals surface area contributed by atoms with Crippen molar-refractivity contribution in [1.29, 1.82) is 0 Å². The molecule has 0 radical (unpaired) electrons. The van der Waals surface area contributed by atoms with Gasteiger partial charge in [-0.25, -0.2) is 4.39 Å². The molecule has 122 valence electrons. The van der Waals surface area contributed by atoms with E-state index < -0.39 is 5.60 Å². The van der Waals surface area contributed by atoms with Crippen LogP contribution in [0.4, 0.5) is 4.39 Å². The highest BCUT2D eigenvalue weighted by atomic mass is 19.1. The molecule has 3 aromatic rings. The minimum atomic E-state index is -1.20. The van der Waals surface area contributed by atoms with Crippen molar-refractivity contribution in [3.05, 3.63) is 101 Å². The van der Waals surface area contributed by atoms with Crippen molar-refractivity contribution in [2.45, 2.75) is 12.0 Å². The van der Waals surface area contributed by atoms with Crippen LogP contribution in [0.15, 0.2) is 78.9 Å². The third-order valence-corrected chi connectivity index (χ3v) is 4.19. The maximum absolute atomic E-state index is 13.2. The van der Waals surface area contributed by atoms with Gasteiger partial charge in [0.05, 0.1) is 7.11 Å². The summed E-state index contributed by atoms with van der Waals surface area (Å²) in [6.07, 6.45) is 0.351. The van der Waals surface area contributed by atoms with Crippen LogP contribution in [-0.2, 0) is 12.0 Å². The molecule has 0 saturated carbocycles. The molecule has 1 atom stereocenters. The third kappa shape index (κ3) is 3.31. The summed E-state index contributed by atoms with van der Waals surface area (Å²) >= 11 is 0. The van der Waals surface area contributed by atoms with E-state index in [4.69, 9.17) is 4.74 Å². The number of aliphatic hydroxyl groups is 1. The van der Waals surface area contributed by atoms with Crippen LogP contribution in [-0.4, -0.2) is 12.2 Å².